The van der Waals surface area contributed by atoms with Crippen molar-refractivity contribution < 1.29 is 9.66 Å². The van der Waals surface area contributed by atoms with Gasteiger partial charge in [0.15, 0.2) is 0 Å². The molecule has 0 saturated heterocycles. The molecular weight excluding hydrogens is 222 g/mol. The van der Waals surface area contributed by atoms with E-state index in [-0.39, 0.29) is 17.8 Å². The van der Waals surface area contributed by atoms with Gasteiger partial charge in [0.05, 0.1) is 12.0 Å². The van der Waals surface area contributed by atoms with Crippen molar-refractivity contribution in [3.05, 3.63) is 28.3 Å². The summed E-state index contributed by atoms with van der Waals surface area (Å²) in [6, 6.07) is 5.09. The second-order valence-corrected chi connectivity index (χ2v) is 4.21. The van der Waals surface area contributed by atoms with Crippen LogP contribution in [0.2, 0.25) is 0 Å². The molecule has 0 spiro atoms. The third kappa shape index (κ3) is 2.47. The number of nitrogens with zero attached hydrogens (tertiary/aromatic N) is 1. The number of methoxy groups -OCH3 is 1. The minimum absolute atomic E-state index is 0.0614. The fourth-order valence-electron chi connectivity index (χ4n) is 1.92. The Morgan fingerprint density at radius 2 is 2.24 bits per heavy atom. The number of nitro groups is 1. The van der Waals surface area contributed by atoms with Gasteiger partial charge in [0.1, 0.15) is 11.4 Å². The summed E-state index contributed by atoms with van der Waals surface area (Å²) in [5.41, 5.74) is 6.23. The lowest BCUT2D eigenvalue weighted by atomic mass is 9.87. The van der Waals surface area contributed by atoms with Crippen LogP contribution in [0.1, 0.15) is 12.8 Å². The predicted octanol–water partition coefficient (Wildman–Crippen LogP) is 1.50. The van der Waals surface area contributed by atoms with E-state index in [9.17, 15) is 10.1 Å². The highest BCUT2D eigenvalue weighted by atomic mass is 16.6. The first kappa shape index (κ1) is 11.7. The van der Waals surface area contributed by atoms with Crippen LogP contribution < -0.4 is 15.8 Å². The number of hydrogen-bond donors (Lipinski definition) is 2. The number of nitro benzene ring substituents is 1. The van der Waals surface area contributed by atoms with E-state index in [2.05, 4.69) is 5.32 Å². The van der Waals surface area contributed by atoms with Crippen LogP contribution >= 0.6 is 0 Å². The Hall–Kier alpha value is -1.82. The number of anilines is 1. The first-order chi connectivity index (χ1) is 8.10. The van der Waals surface area contributed by atoms with Crippen LogP contribution in [0.15, 0.2) is 18.2 Å². The van der Waals surface area contributed by atoms with Crippen LogP contribution in [0.4, 0.5) is 11.4 Å². The van der Waals surface area contributed by atoms with Crippen LogP contribution in [0.5, 0.6) is 5.75 Å². The summed E-state index contributed by atoms with van der Waals surface area (Å²) in [6.45, 7) is 0. The third-order valence-corrected chi connectivity index (χ3v) is 2.93. The lowest BCUT2D eigenvalue weighted by Gasteiger charge is -2.33. The van der Waals surface area contributed by atoms with Gasteiger partial charge in [-0.2, -0.15) is 0 Å². The molecule has 1 fully saturated rings. The molecule has 2 rings (SSSR count). The predicted molar refractivity (Wildman–Crippen MR) is 64.3 cm³/mol. The van der Waals surface area contributed by atoms with Crippen molar-refractivity contribution in [1.29, 1.82) is 0 Å². The summed E-state index contributed by atoms with van der Waals surface area (Å²) >= 11 is 0. The molecule has 1 aliphatic carbocycles. The van der Waals surface area contributed by atoms with E-state index < -0.39 is 4.92 Å². The first-order valence-corrected chi connectivity index (χ1v) is 5.44. The second-order valence-electron chi connectivity index (χ2n) is 4.21. The summed E-state index contributed by atoms with van der Waals surface area (Å²) in [4.78, 5) is 10.5. The molecule has 6 heteroatoms. The zero-order valence-electron chi connectivity index (χ0n) is 9.55. The molecule has 1 saturated carbocycles. The molecule has 0 atom stereocenters. The molecule has 3 N–H and O–H groups in total. The lowest BCUT2D eigenvalue weighted by molar-refractivity contribution is -0.384. The molecule has 17 heavy (non-hydrogen) atoms. The molecule has 1 aliphatic rings. The van der Waals surface area contributed by atoms with Gasteiger partial charge in [0.2, 0.25) is 0 Å². The van der Waals surface area contributed by atoms with Gasteiger partial charge in [0, 0.05) is 24.2 Å². The summed E-state index contributed by atoms with van der Waals surface area (Å²) < 4.78 is 5.06. The molecule has 1 aromatic carbocycles. The Labute approximate surface area is 98.9 Å². The topological polar surface area (TPSA) is 90.4 Å². The maximum Gasteiger partial charge on any atom is 0.292 e. The summed E-state index contributed by atoms with van der Waals surface area (Å²) in [5.74, 6) is 0.599. The van der Waals surface area contributed by atoms with Gasteiger partial charge >= 0.3 is 0 Å². The van der Waals surface area contributed by atoms with E-state index in [0.29, 0.717) is 11.4 Å². The number of nitrogens with two attached hydrogens (primary N) is 1. The van der Waals surface area contributed by atoms with Crippen LogP contribution in [-0.2, 0) is 0 Å². The number of rotatable bonds is 4. The Kier molecular flexibility index (Phi) is 3.14. The summed E-state index contributed by atoms with van der Waals surface area (Å²) in [6.07, 6.45) is 1.68. The number of ether oxygens (including phenoxy) is 1. The van der Waals surface area contributed by atoms with Crippen molar-refractivity contribution in [2.45, 2.75) is 24.9 Å². The number of benzene rings is 1. The van der Waals surface area contributed by atoms with Crippen LogP contribution in [-0.4, -0.2) is 24.1 Å². The van der Waals surface area contributed by atoms with E-state index in [1.54, 1.807) is 12.1 Å². The van der Waals surface area contributed by atoms with E-state index in [1.807, 2.05) is 0 Å². The number of hydrogen-bond acceptors (Lipinski definition) is 5. The molecular formula is C11H15N3O3. The van der Waals surface area contributed by atoms with Crippen molar-refractivity contribution in [3.63, 3.8) is 0 Å². The van der Waals surface area contributed by atoms with E-state index in [0.717, 1.165) is 12.8 Å². The average molecular weight is 237 g/mol. The Bertz CT molecular complexity index is 430. The SMILES string of the molecule is COc1ccc([N+](=O)[O-])c(NC2CC(N)C2)c1. The van der Waals surface area contributed by atoms with Crippen molar-refractivity contribution in [2.24, 2.45) is 5.73 Å². The fraction of sp³-hybridized carbons (Fsp3) is 0.455. The van der Waals surface area contributed by atoms with Crippen molar-refractivity contribution in [3.8, 4) is 5.75 Å². The minimum Gasteiger partial charge on any atom is -0.497 e. The number of nitrogens with one attached hydrogen (secondary N) is 1. The molecule has 0 bridgehead atoms. The van der Waals surface area contributed by atoms with Gasteiger partial charge in [-0.1, -0.05) is 0 Å². The monoisotopic (exact) mass is 237 g/mol. The van der Waals surface area contributed by atoms with E-state index >= 15 is 0 Å². The zero-order valence-corrected chi connectivity index (χ0v) is 9.55. The Morgan fingerprint density at radius 3 is 2.76 bits per heavy atom. The molecule has 1 aromatic rings. The smallest absolute Gasteiger partial charge is 0.292 e. The molecule has 0 unspecified atom stereocenters. The molecule has 92 valence electrons. The maximum atomic E-state index is 10.9. The van der Waals surface area contributed by atoms with Crippen molar-refractivity contribution in [2.75, 3.05) is 12.4 Å². The lowest BCUT2D eigenvalue weighted by Crippen LogP contribution is -2.44. The van der Waals surface area contributed by atoms with Gasteiger partial charge in [-0.3, -0.25) is 10.1 Å². The molecule has 0 aliphatic heterocycles. The normalized spacial score (nSPS) is 22.7. The third-order valence-electron chi connectivity index (χ3n) is 2.93. The van der Waals surface area contributed by atoms with Gasteiger partial charge in [-0.25, -0.2) is 0 Å². The summed E-state index contributed by atoms with van der Waals surface area (Å²) in [5, 5.41) is 14.0. The highest BCUT2D eigenvalue weighted by Gasteiger charge is 2.27. The quantitative estimate of drug-likeness (QED) is 0.611. The van der Waals surface area contributed by atoms with Crippen LogP contribution in [0, 0.1) is 10.1 Å². The molecule has 0 radical (unpaired) electrons. The highest BCUT2D eigenvalue weighted by Crippen LogP contribution is 2.32. The van der Waals surface area contributed by atoms with Gasteiger partial charge in [-0.05, 0) is 18.9 Å². The molecule has 0 amide bonds. The first-order valence-electron chi connectivity index (χ1n) is 5.44. The van der Waals surface area contributed by atoms with Gasteiger partial charge in [0.25, 0.3) is 5.69 Å². The largest absolute Gasteiger partial charge is 0.497 e. The molecule has 0 heterocycles. The van der Waals surface area contributed by atoms with E-state index in [4.69, 9.17) is 10.5 Å². The second kappa shape index (κ2) is 4.58. The molecule has 0 aromatic heterocycles. The van der Waals surface area contributed by atoms with Crippen molar-refractivity contribution >= 4 is 11.4 Å². The standard InChI is InChI=1S/C11H15N3O3/c1-17-9-2-3-11(14(15)16)10(6-9)13-8-4-7(12)5-8/h2-3,6-8,13H,4-5,12H2,1H3. The highest BCUT2D eigenvalue weighted by molar-refractivity contribution is 5.64. The van der Waals surface area contributed by atoms with Gasteiger partial charge in [-0.15, -0.1) is 0 Å². The van der Waals surface area contributed by atoms with Gasteiger partial charge < -0.3 is 15.8 Å². The zero-order chi connectivity index (χ0) is 12.4. The maximum absolute atomic E-state index is 10.9. The van der Waals surface area contributed by atoms with Crippen molar-refractivity contribution in [1.82, 2.24) is 0 Å². The average Bonchev–Trinajstić information content (AvgIpc) is 2.26. The van der Waals surface area contributed by atoms with Crippen LogP contribution in [0.25, 0.3) is 0 Å². The molecule has 6 nitrogen and oxygen atoms in total. The minimum atomic E-state index is -0.402. The van der Waals surface area contributed by atoms with Crippen LogP contribution in [0.3, 0.4) is 0 Å². The van der Waals surface area contributed by atoms with E-state index in [1.165, 1.54) is 13.2 Å². The summed E-state index contributed by atoms with van der Waals surface area (Å²) in [7, 11) is 1.53. The fourth-order valence-corrected chi connectivity index (χ4v) is 1.92. The Balaban J connectivity index is 2.19. The Morgan fingerprint density at radius 1 is 1.53 bits per heavy atom.